The molecule has 1 aromatic rings. The van der Waals surface area contributed by atoms with Gasteiger partial charge >= 0.3 is 0 Å². The number of hydrogen-bond donors (Lipinski definition) is 0. The minimum atomic E-state index is 0.0201. The summed E-state index contributed by atoms with van der Waals surface area (Å²) >= 11 is 5.94. The molecule has 1 amide bonds. The second-order valence-electron chi connectivity index (χ2n) is 4.83. The molecule has 0 atom stereocenters. The monoisotopic (exact) mass is 568 g/mol. The Morgan fingerprint density at radius 1 is 1.33 bits per heavy atom. The van der Waals surface area contributed by atoms with Crippen LogP contribution in [0.15, 0.2) is 34.7 Å². The smallest absolute Gasteiger partial charge is 0.266 e. The molecule has 1 heterocycles. The number of carbonyl (C=O) groups excluding carboxylic acids is 1. The summed E-state index contributed by atoms with van der Waals surface area (Å²) in [6, 6.07) is 4.04. The summed E-state index contributed by atoms with van der Waals surface area (Å²) in [4.78, 5) is 19.4. The van der Waals surface area contributed by atoms with Crippen molar-refractivity contribution in [1.82, 2.24) is 4.90 Å². The summed E-state index contributed by atoms with van der Waals surface area (Å²) in [5.74, 6) is 0.874. The maximum Gasteiger partial charge on any atom is 0.266 e. The van der Waals surface area contributed by atoms with Gasteiger partial charge in [0.2, 0.25) is 0 Å². The number of amides is 1. The van der Waals surface area contributed by atoms with Gasteiger partial charge in [-0.15, -0.1) is 0 Å². The predicted molar refractivity (Wildman–Crippen MR) is 118 cm³/mol. The van der Waals surface area contributed by atoms with Crippen LogP contribution in [0.2, 0.25) is 0 Å². The van der Waals surface area contributed by atoms with Gasteiger partial charge in [-0.1, -0.05) is 12.7 Å². The number of likely N-dealkylation sites (N-methyl/N-ethyl adjacent to an activating group) is 1. The van der Waals surface area contributed by atoms with E-state index in [2.05, 4.69) is 56.8 Å². The third-order valence-corrected chi connectivity index (χ3v) is 5.81. The lowest BCUT2D eigenvalue weighted by Gasteiger charge is -2.11. The van der Waals surface area contributed by atoms with Gasteiger partial charge in [0.25, 0.3) is 5.91 Å². The first-order valence-electron chi connectivity index (χ1n) is 7.50. The Morgan fingerprint density at radius 2 is 2.00 bits per heavy atom. The maximum absolute atomic E-state index is 12.5. The Morgan fingerprint density at radius 3 is 2.54 bits per heavy atom. The minimum absolute atomic E-state index is 0.0201. The lowest BCUT2D eigenvalue weighted by atomic mass is 10.2. The number of rotatable bonds is 6. The van der Waals surface area contributed by atoms with Crippen LogP contribution in [0, 0.1) is 7.14 Å². The molecule has 0 saturated carbocycles. The van der Waals surface area contributed by atoms with Gasteiger partial charge in [-0.05, 0) is 94.6 Å². The summed E-state index contributed by atoms with van der Waals surface area (Å²) in [5.41, 5.74) is 0.986. The number of ether oxygens (including phenoxy) is 1. The van der Waals surface area contributed by atoms with Gasteiger partial charge in [0.15, 0.2) is 5.17 Å². The van der Waals surface area contributed by atoms with Crippen LogP contribution in [0.1, 0.15) is 19.4 Å². The lowest BCUT2D eigenvalue weighted by Crippen LogP contribution is -2.28. The molecule has 1 fully saturated rings. The summed E-state index contributed by atoms with van der Waals surface area (Å²) < 4.78 is 7.72. The van der Waals surface area contributed by atoms with Crippen LogP contribution in [0.4, 0.5) is 0 Å². The topological polar surface area (TPSA) is 41.9 Å². The first kappa shape index (κ1) is 19.8. The second kappa shape index (κ2) is 9.23. The minimum Gasteiger partial charge on any atom is -0.487 e. The summed E-state index contributed by atoms with van der Waals surface area (Å²) in [6.07, 6.45) is 3.65. The fraction of sp³-hybridized carbons (Fsp3) is 0.294. The van der Waals surface area contributed by atoms with Crippen molar-refractivity contribution >= 4 is 74.1 Å². The van der Waals surface area contributed by atoms with Gasteiger partial charge < -0.3 is 4.74 Å². The molecule has 0 unspecified atom stereocenters. The van der Waals surface area contributed by atoms with Crippen molar-refractivity contribution in [3.05, 3.63) is 42.4 Å². The SMILES string of the molecule is C=CCOc1c(I)cc(/C=C2/SC(=NCC)N(CC)C2=O)cc1I. The van der Waals surface area contributed by atoms with Gasteiger partial charge in [0.1, 0.15) is 12.4 Å². The van der Waals surface area contributed by atoms with E-state index in [1.807, 2.05) is 32.1 Å². The molecule has 0 aromatic heterocycles. The van der Waals surface area contributed by atoms with Crippen molar-refractivity contribution in [2.75, 3.05) is 19.7 Å². The van der Waals surface area contributed by atoms with Crippen molar-refractivity contribution in [3.63, 3.8) is 0 Å². The van der Waals surface area contributed by atoms with Crippen LogP contribution in [-0.4, -0.2) is 35.7 Å². The number of halogens is 2. The normalized spacial score (nSPS) is 17.8. The Balaban J connectivity index is 2.33. The van der Waals surface area contributed by atoms with E-state index in [1.54, 1.807) is 11.0 Å². The standard InChI is InChI=1S/C17H18I2N2O2S/c1-4-7-23-15-12(18)8-11(9-13(15)19)10-14-16(22)21(6-3)17(24-14)20-5-2/h4,8-10H,1,5-7H2,2-3H3/b14-10+,20-17?. The van der Waals surface area contributed by atoms with Crippen molar-refractivity contribution < 1.29 is 9.53 Å². The van der Waals surface area contributed by atoms with Crippen LogP contribution in [0.5, 0.6) is 5.75 Å². The number of carbonyl (C=O) groups is 1. The highest BCUT2D eigenvalue weighted by Crippen LogP contribution is 2.34. The van der Waals surface area contributed by atoms with E-state index in [0.29, 0.717) is 24.6 Å². The largest absolute Gasteiger partial charge is 0.487 e. The fourth-order valence-electron chi connectivity index (χ4n) is 2.13. The van der Waals surface area contributed by atoms with Crippen LogP contribution in [0.3, 0.4) is 0 Å². The van der Waals surface area contributed by atoms with Crippen molar-refractivity contribution in [2.24, 2.45) is 4.99 Å². The van der Waals surface area contributed by atoms with Crippen LogP contribution in [-0.2, 0) is 4.79 Å². The molecule has 0 spiro atoms. The van der Waals surface area contributed by atoms with Crippen molar-refractivity contribution in [1.29, 1.82) is 0 Å². The van der Waals surface area contributed by atoms with Crippen LogP contribution < -0.4 is 4.74 Å². The third-order valence-electron chi connectivity index (χ3n) is 3.16. The molecule has 2 rings (SSSR count). The molecule has 0 bridgehead atoms. The first-order chi connectivity index (χ1) is 11.5. The maximum atomic E-state index is 12.5. The second-order valence-corrected chi connectivity index (χ2v) is 8.16. The number of nitrogens with zero attached hydrogens (tertiary/aromatic N) is 2. The molecule has 1 aliphatic rings. The van der Waals surface area contributed by atoms with Gasteiger partial charge in [-0.2, -0.15) is 0 Å². The number of amidine groups is 1. The molecule has 0 radical (unpaired) electrons. The molecular weight excluding hydrogens is 550 g/mol. The average Bonchev–Trinajstić information content (AvgIpc) is 2.82. The van der Waals surface area contributed by atoms with E-state index < -0.39 is 0 Å². The number of thioether (sulfide) groups is 1. The number of benzene rings is 1. The van der Waals surface area contributed by atoms with Gasteiger partial charge in [-0.25, -0.2) is 0 Å². The Kier molecular flexibility index (Phi) is 7.60. The summed E-state index contributed by atoms with van der Waals surface area (Å²) in [5, 5.41) is 0.784. The van der Waals surface area contributed by atoms with E-state index in [9.17, 15) is 4.79 Å². The van der Waals surface area contributed by atoms with Crippen molar-refractivity contribution in [3.8, 4) is 5.75 Å². The molecule has 1 aromatic carbocycles. The Bertz CT molecular complexity index is 694. The van der Waals surface area contributed by atoms with Crippen LogP contribution >= 0.6 is 56.9 Å². The van der Waals surface area contributed by atoms with Gasteiger partial charge in [0, 0.05) is 13.1 Å². The molecule has 1 aliphatic heterocycles. The van der Waals surface area contributed by atoms with E-state index in [1.165, 1.54) is 11.8 Å². The summed E-state index contributed by atoms with van der Waals surface area (Å²) in [6.45, 7) is 9.38. The zero-order valence-corrected chi connectivity index (χ0v) is 18.6. The third kappa shape index (κ3) is 4.54. The van der Waals surface area contributed by atoms with Gasteiger partial charge in [0.05, 0.1) is 12.0 Å². The Labute approximate surface area is 174 Å². The number of hydrogen-bond acceptors (Lipinski definition) is 4. The zero-order valence-electron chi connectivity index (χ0n) is 13.5. The Hall–Kier alpha value is -0.550. The van der Waals surface area contributed by atoms with E-state index in [0.717, 1.165) is 23.6 Å². The van der Waals surface area contributed by atoms with E-state index >= 15 is 0 Å². The number of aliphatic imine (C=N–C) groups is 1. The fourth-order valence-corrected chi connectivity index (χ4v) is 5.37. The molecule has 24 heavy (non-hydrogen) atoms. The highest BCUT2D eigenvalue weighted by atomic mass is 127. The molecule has 128 valence electrons. The van der Waals surface area contributed by atoms with E-state index in [4.69, 9.17) is 4.74 Å². The molecule has 0 aliphatic carbocycles. The quantitative estimate of drug-likeness (QED) is 0.282. The lowest BCUT2D eigenvalue weighted by molar-refractivity contribution is -0.122. The van der Waals surface area contributed by atoms with Crippen LogP contribution in [0.25, 0.3) is 6.08 Å². The van der Waals surface area contributed by atoms with Crippen molar-refractivity contribution in [2.45, 2.75) is 13.8 Å². The highest BCUT2D eigenvalue weighted by Gasteiger charge is 2.31. The predicted octanol–water partition coefficient (Wildman–Crippen LogP) is 4.77. The molecule has 1 saturated heterocycles. The van der Waals surface area contributed by atoms with Gasteiger partial charge in [-0.3, -0.25) is 14.7 Å². The first-order valence-corrected chi connectivity index (χ1v) is 10.5. The molecule has 0 N–H and O–H groups in total. The zero-order chi connectivity index (χ0) is 17.7. The molecule has 7 heteroatoms. The average molecular weight is 568 g/mol. The highest BCUT2D eigenvalue weighted by molar-refractivity contribution is 14.1. The summed E-state index contributed by atoms with van der Waals surface area (Å²) in [7, 11) is 0. The molecular formula is C17H18I2N2O2S. The molecule has 4 nitrogen and oxygen atoms in total. The van der Waals surface area contributed by atoms with E-state index in [-0.39, 0.29) is 5.91 Å².